The van der Waals surface area contributed by atoms with Gasteiger partial charge in [-0.05, 0) is 18.2 Å². The predicted octanol–water partition coefficient (Wildman–Crippen LogP) is 2.19. The predicted molar refractivity (Wildman–Crippen MR) is 66.7 cm³/mol. The molecule has 1 fully saturated rings. The van der Waals surface area contributed by atoms with Gasteiger partial charge in [-0.15, -0.1) is 0 Å². The van der Waals surface area contributed by atoms with Gasteiger partial charge in [0.1, 0.15) is 5.82 Å². The van der Waals surface area contributed by atoms with Crippen molar-refractivity contribution in [3.63, 3.8) is 0 Å². The molecule has 0 unspecified atom stereocenters. The maximum Gasteiger partial charge on any atom is 0.383 e. The van der Waals surface area contributed by atoms with E-state index in [9.17, 15) is 31.5 Å². The van der Waals surface area contributed by atoms with Crippen molar-refractivity contribution in [2.45, 2.75) is 12.3 Å². The molecule has 2 rings (SSSR count). The van der Waals surface area contributed by atoms with Gasteiger partial charge < -0.3 is 10.6 Å². The van der Waals surface area contributed by atoms with E-state index in [-0.39, 0.29) is 12.2 Å². The highest BCUT2D eigenvalue weighted by atomic mass is 19.3. The molecule has 1 aromatic rings. The topological polar surface area (TPSA) is 61.4 Å². The Kier molecular flexibility index (Phi) is 4.20. The standard InChI is InChI=1S/C12H10F5N3O2/c13-7-2-1-6(20-4-3-18-11(20)22)5-8(7)19-10(21)12(16,17)9(14)15/h1-2,5,9H,3-4H2,(H,18,22)(H,19,21). The number of carbonyl (C=O) groups is 2. The normalized spacial score (nSPS) is 15.2. The third-order valence-corrected chi connectivity index (χ3v) is 2.94. The molecule has 5 nitrogen and oxygen atoms in total. The van der Waals surface area contributed by atoms with Crippen LogP contribution in [0.25, 0.3) is 0 Å². The number of hydrogen-bond acceptors (Lipinski definition) is 2. The second-order valence-corrected chi connectivity index (χ2v) is 4.43. The maximum absolute atomic E-state index is 13.5. The van der Waals surface area contributed by atoms with Gasteiger partial charge in [0.25, 0.3) is 0 Å². The van der Waals surface area contributed by atoms with Gasteiger partial charge in [0, 0.05) is 18.8 Å². The molecule has 22 heavy (non-hydrogen) atoms. The van der Waals surface area contributed by atoms with Crippen LogP contribution < -0.4 is 15.5 Å². The first-order chi connectivity index (χ1) is 10.2. The number of benzene rings is 1. The van der Waals surface area contributed by atoms with Gasteiger partial charge in [0.2, 0.25) is 0 Å². The number of alkyl halides is 4. The fraction of sp³-hybridized carbons (Fsp3) is 0.333. The van der Waals surface area contributed by atoms with E-state index >= 15 is 0 Å². The van der Waals surface area contributed by atoms with Crippen LogP contribution in [-0.2, 0) is 4.79 Å². The number of nitrogens with one attached hydrogen (secondary N) is 2. The molecule has 1 aliphatic rings. The van der Waals surface area contributed by atoms with Crippen molar-refractivity contribution in [3.05, 3.63) is 24.0 Å². The van der Waals surface area contributed by atoms with E-state index in [1.165, 1.54) is 16.3 Å². The fourth-order valence-electron chi connectivity index (χ4n) is 1.80. The number of carbonyl (C=O) groups excluding carboxylic acids is 2. The van der Waals surface area contributed by atoms with E-state index in [0.717, 1.165) is 12.1 Å². The molecule has 0 radical (unpaired) electrons. The highest BCUT2D eigenvalue weighted by Gasteiger charge is 2.49. The fourth-order valence-corrected chi connectivity index (χ4v) is 1.80. The Bertz CT molecular complexity index is 608. The third kappa shape index (κ3) is 2.95. The zero-order chi connectivity index (χ0) is 16.5. The molecule has 10 heteroatoms. The average molecular weight is 323 g/mol. The van der Waals surface area contributed by atoms with Crippen molar-refractivity contribution < 1.29 is 31.5 Å². The van der Waals surface area contributed by atoms with Crippen LogP contribution in [0.4, 0.5) is 38.1 Å². The molecule has 1 aromatic carbocycles. The van der Waals surface area contributed by atoms with E-state index < -0.39 is 35.8 Å². The average Bonchev–Trinajstić information content (AvgIpc) is 2.87. The minimum Gasteiger partial charge on any atom is -0.336 e. The molecule has 120 valence electrons. The monoisotopic (exact) mass is 323 g/mol. The van der Waals surface area contributed by atoms with Crippen LogP contribution in [0, 0.1) is 5.82 Å². The Labute approximate surface area is 121 Å². The SMILES string of the molecule is O=C1NCCN1c1ccc(F)c(NC(=O)C(F)(F)C(F)F)c1. The Morgan fingerprint density at radius 3 is 2.59 bits per heavy atom. The Balaban J connectivity index is 2.24. The van der Waals surface area contributed by atoms with Gasteiger partial charge in [0.15, 0.2) is 0 Å². The summed E-state index contributed by atoms with van der Waals surface area (Å²) in [5.74, 6) is -8.38. The van der Waals surface area contributed by atoms with Gasteiger partial charge in [-0.25, -0.2) is 18.0 Å². The number of amides is 3. The molecular weight excluding hydrogens is 313 g/mol. The molecule has 1 saturated heterocycles. The third-order valence-electron chi connectivity index (χ3n) is 2.94. The molecule has 0 bridgehead atoms. The molecule has 1 heterocycles. The van der Waals surface area contributed by atoms with Crippen molar-refractivity contribution in [3.8, 4) is 0 Å². The van der Waals surface area contributed by atoms with Crippen molar-refractivity contribution >= 4 is 23.3 Å². The zero-order valence-corrected chi connectivity index (χ0v) is 10.9. The second kappa shape index (κ2) is 5.78. The highest BCUT2D eigenvalue weighted by Crippen LogP contribution is 2.28. The molecule has 0 aromatic heterocycles. The number of urea groups is 1. The summed E-state index contributed by atoms with van der Waals surface area (Å²) in [6.07, 6.45) is -4.22. The number of hydrogen-bond donors (Lipinski definition) is 2. The van der Waals surface area contributed by atoms with E-state index in [4.69, 9.17) is 0 Å². The summed E-state index contributed by atoms with van der Waals surface area (Å²) in [7, 11) is 0. The summed E-state index contributed by atoms with van der Waals surface area (Å²) in [6, 6.07) is 2.46. The first-order valence-corrected chi connectivity index (χ1v) is 6.06. The van der Waals surface area contributed by atoms with E-state index in [1.807, 2.05) is 0 Å². The molecule has 3 amide bonds. The lowest BCUT2D eigenvalue weighted by Crippen LogP contribution is -2.41. The van der Waals surface area contributed by atoms with Gasteiger partial charge >= 0.3 is 24.3 Å². The zero-order valence-electron chi connectivity index (χ0n) is 10.9. The van der Waals surface area contributed by atoms with E-state index in [0.29, 0.717) is 6.54 Å². The van der Waals surface area contributed by atoms with Gasteiger partial charge in [-0.2, -0.15) is 8.78 Å². The minimum atomic E-state index is -4.95. The lowest BCUT2D eigenvalue weighted by molar-refractivity contribution is -0.163. The Morgan fingerprint density at radius 2 is 2.05 bits per heavy atom. The number of rotatable bonds is 4. The molecular formula is C12H10F5N3O2. The van der Waals surface area contributed by atoms with Crippen LogP contribution in [0.2, 0.25) is 0 Å². The number of halogens is 5. The summed E-state index contributed by atoms with van der Waals surface area (Å²) < 4.78 is 63.4. The molecule has 2 N–H and O–H groups in total. The van der Waals surface area contributed by atoms with Crippen molar-refractivity contribution in [2.75, 3.05) is 23.3 Å². The van der Waals surface area contributed by atoms with Crippen molar-refractivity contribution in [2.24, 2.45) is 0 Å². The second-order valence-electron chi connectivity index (χ2n) is 4.43. The van der Waals surface area contributed by atoms with Gasteiger partial charge in [-0.3, -0.25) is 9.69 Å². The quantitative estimate of drug-likeness (QED) is 0.835. The molecule has 0 saturated carbocycles. The number of anilines is 2. The van der Waals surface area contributed by atoms with Crippen LogP contribution in [0.15, 0.2) is 18.2 Å². The van der Waals surface area contributed by atoms with Gasteiger partial charge in [-0.1, -0.05) is 0 Å². The number of nitrogens with zero attached hydrogens (tertiary/aromatic N) is 1. The summed E-state index contributed by atoms with van der Waals surface area (Å²) in [5.41, 5.74) is -0.588. The Hall–Kier alpha value is -2.39. The van der Waals surface area contributed by atoms with E-state index in [1.54, 1.807) is 0 Å². The lowest BCUT2D eigenvalue weighted by atomic mass is 10.2. The highest BCUT2D eigenvalue weighted by molar-refractivity contribution is 5.98. The maximum atomic E-state index is 13.5. The van der Waals surface area contributed by atoms with Crippen LogP contribution >= 0.6 is 0 Å². The largest absolute Gasteiger partial charge is 0.383 e. The Morgan fingerprint density at radius 1 is 1.36 bits per heavy atom. The minimum absolute atomic E-state index is 0.132. The van der Waals surface area contributed by atoms with Crippen molar-refractivity contribution in [1.29, 1.82) is 0 Å². The summed E-state index contributed by atoms with van der Waals surface area (Å²) >= 11 is 0. The van der Waals surface area contributed by atoms with Crippen LogP contribution in [0.5, 0.6) is 0 Å². The first kappa shape index (κ1) is 16.0. The smallest absolute Gasteiger partial charge is 0.336 e. The molecule has 1 aliphatic heterocycles. The van der Waals surface area contributed by atoms with Crippen LogP contribution in [0.3, 0.4) is 0 Å². The van der Waals surface area contributed by atoms with Gasteiger partial charge in [0.05, 0.1) is 5.69 Å². The van der Waals surface area contributed by atoms with Crippen LogP contribution in [-0.4, -0.2) is 37.4 Å². The molecule has 0 atom stereocenters. The first-order valence-electron chi connectivity index (χ1n) is 6.06. The summed E-state index contributed by atoms with van der Waals surface area (Å²) in [4.78, 5) is 23.8. The van der Waals surface area contributed by atoms with Crippen molar-refractivity contribution in [1.82, 2.24) is 5.32 Å². The molecule has 0 spiro atoms. The summed E-state index contributed by atoms with van der Waals surface area (Å²) in [6.45, 7) is 0.590. The van der Waals surface area contributed by atoms with E-state index in [2.05, 4.69) is 5.32 Å². The lowest BCUT2D eigenvalue weighted by Gasteiger charge is -2.18. The molecule has 0 aliphatic carbocycles. The van der Waals surface area contributed by atoms with Crippen LogP contribution in [0.1, 0.15) is 0 Å². The summed E-state index contributed by atoms with van der Waals surface area (Å²) in [5, 5.41) is 3.88.